The van der Waals surface area contributed by atoms with Crippen molar-refractivity contribution < 1.29 is 23.5 Å². The zero-order valence-corrected chi connectivity index (χ0v) is 21.0. The van der Waals surface area contributed by atoms with Crippen LogP contribution in [0, 0.1) is 5.41 Å². The van der Waals surface area contributed by atoms with Crippen LogP contribution in [0.3, 0.4) is 0 Å². The summed E-state index contributed by atoms with van der Waals surface area (Å²) in [5.74, 6) is -0.939. The molecule has 4 atom stereocenters. The van der Waals surface area contributed by atoms with E-state index >= 15 is 0 Å². The lowest BCUT2D eigenvalue weighted by Crippen LogP contribution is -2.65. The summed E-state index contributed by atoms with van der Waals surface area (Å²) in [6, 6.07) is 0. The number of fused-ring (bicyclic) bond motifs is 2. The monoisotopic (exact) mass is 426 g/mol. The molecule has 1 saturated carbocycles. The minimum absolute atomic E-state index is 0.159. The molecular weight excluding hydrogens is 388 g/mol. The van der Waals surface area contributed by atoms with E-state index in [0.717, 1.165) is 12.8 Å². The van der Waals surface area contributed by atoms with E-state index in [4.69, 9.17) is 18.7 Å². The van der Waals surface area contributed by atoms with Gasteiger partial charge in [-0.25, -0.2) is 4.79 Å². The first-order chi connectivity index (χ1) is 12.5. The van der Waals surface area contributed by atoms with Crippen molar-refractivity contribution >= 4 is 22.6 Å². The normalized spacial score (nSPS) is 36.9. The number of ether oxygens (including phenoxy) is 1. The Morgan fingerprint density at radius 2 is 1.71 bits per heavy atom. The van der Waals surface area contributed by atoms with Crippen molar-refractivity contribution in [2.75, 3.05) is 6.61 Å². The standard InChI is InChI=1S/C21H38O5Si2/c1-16(12-18(22)23)10-11-21(26-28(7,8)9)19(2)13-17(25-27(4,5)6)14-20(21,3)24-15-19/h10-12,17H,13-15H2,1-9H3,(H,22,23)/b11-10+,16-12-/t17?,19-,20?,21-/m1/s1. The molecule has 0 amide bonds. The number of carboxylic acids is 1. The van der Waals surface area contributed by atoms with Crippen molar-refractivity contribution in [1.82, 2.24) is 0 Å². The van der Waals surface area contributed by atoms with Crippen LogP contribution in [-0.2, 0) is 18.4 Å². The van der Waals surface area contributed by atoms with Gasteiger partial charge in [0.1, 0.15) is 5.60 Å². The van der Waals surface area contributed by atoms with Gasteiger partial charge in [0.2, 0.25) is 0 Å². The Morgan fingerprint density at radius 3 is 2.18 bits per heavy atom. The van der Waals surface area contributed by atoms with Gasteiger partial charge in [0, 0.05) is 24.0 Å². The van der Waals surface area contributed by atoms with E-state index < -0.39 is 33.8 Å². The molecule has 1 heterocycles. The van der Waals surface area contributed by atoms with Crippen LogP contribution < -0.4 is 0 Å². The first-order valence-corrected chi connectivity index (χ1v) is 17.0. The van der Waals surface area contributed by atoms with Crippen LogP contribution in [0.4, 0.5) is 0 Å². The van der Waals surface area contributed by atoms with E-state index in [1.807, 2.05) is 6.08 Å². The summed E-state index contributed by atoms with van der Waals surface area (Å²) in [7, 11) is -3.60. The van der Waals surface area contributed by atoms with Crippen LogP contribution in [0.1, 0.15) is 33.6 Å². The van der Waals surface area contributed by atoms with Gasteiger partial charge in [-0.05, 0) is 65.1 Å². The lowest BCUT2D eigenvalue weighted by Gasteiger charge is -2.56. The van der Waals surface area contributed by atoms with E-state index in [1.165, 1.54) is 6.08 Å². The van der Waals surface area contributed by atoms with Crippen LogP contribution in [0.5, 0.6) is 0 Å². The molecule has 5 nitrogen and oxygen atoms in total. The molecule has 2 unspecified atom stereocenters. The Labute approximate surface area is 172 Å². The number of hydrogen-bond donors (Lipinski definition) is 1. The summed E-state index contributed by atoms with van der Waals surface area (Å²) in [4.78, 5) is 11.0. The molecule has 2 aliphatic rings. The van der Waals surface area contributed by atoms with Crippen molar-refractivity contribution in [3.05, 3.63) is 23.8 Å². The molecule has 0 aromatic heterocycles. The third kappa shape index (κ3) is 4.87. The SMILES string of the molecule is CC(=C/C(=O)O)/C=C/[C@]1(O[Si](C)(C)C)C2(C)CC(O[Si](C)(C)C)C[C@]1(C)CO2. The maximum absolute atomic E-state index is 11.0. The van der Waals surface area contributed by atoms with Crippen molar-refractivity contribution in [3.63, 3.8) is 0 Å². The van der Waals surface area contributed by atoms with Gasteiger partial charge < -0.3 is 18.7 Å². The maximum atomic E-state index is 11.0. The van der Waals surface area contributed by atoms with E-state index in [9.17, 15) is 4.79 Å². The van der Waals surface area contributed by atoms with Crippen molar-refractivity contribution in [2.45, 2.75) is 90.2 Å². The van der Waals surface area contributed by atoms with Crippen LogP contribution in [-0.4, -0.2) is 51.6 Å². The smallest absolute Gasteiger partial charge is 0.328 e. The Bertz CT molecular complexity index is 653. The Hall–Kier alpha value is -0.736. The van der Waals surface area contributed by atoms with Gasteiger partial charge >= 0.3 is 5.97 Å². The summed E-state index contributed by atoms with van der Waals surface area (Å²) in [6.07, 6.45) is 7.02. The summed E-state index contributed by atoms with van der Waals surface area (Å²) in [5.41, 5.74) is -0.648. The quantitative estimate of drug-likeness (QED) is 0.353. The molecule has 1 aliphatic heterocycles. The predicted octanol–water partition coefficient (Wildman–Crippen LogP) is 4.97. The van der Waals surface area contributed by atoms with Crippen LogP contribution in [0.2, 0.25) is 39.3 Å². The van der Waals surface area contributed by atoms with Gasteiger partial charge in [-0.1, -0.05) is 19.1 Å². The predicted molar refractivity (Wildman–Crippen MR) is 118 cm³/mol. The van der Waals surface area contributed by atoms with Crippen LogP contribution in [0.25, 0.3) is 0 Å². The minimum atomic E-state index is -1.93. The average Bonchev–Trinajstić information content (AvgIpc) is 2.56. The fraction of sp³-hybridized carbons (Fsp3) is 0.762. The van der Waals surface area contributed by atoms with Gasteiger partial charge in [0.25, 0.3) is 0 Å². The molecule has 1 saturated heterocycles. The second-order valence-electron chi connectivity index (χ2n) is 10.9. The van der Waals surface area contributed by atoms with Crippen LogP contribution in [0.15, 0.2) is 23.8 Å². The third-order valence-electron chi connectivity index (χ3n) is 5.61. The summed E-state index contributed by atoms with van der Waals surface area (Å²) in [5, 5.41) is 9.06. The third-order valence-corrected chi connectivity index (χ3v) is 7.58. The Kier molecular flexibility index (Phi) is 6.31. The highest BCUT2D eigenvalue weighted by Crippen LogP contribution is 2.61. The van der Waals surface area contributed by atoms with E-state index in [-0.39, 0.29) is 11.5 Å². The highest BCUT2D eigenvalue weighted by molar-refractivity contribution is 6.70. The van der Waals surface area contributed by atoms with Crippen molar-refractivity contribution in [2.24, 2.45) is 5.41 Å². The molecule has 0 radical (unpaired) electrons. The zero-order chi connectivity index (χ0) is 21.6. The zero-order valence-electron chi connectivity index (χ0n) is 19.0. The van der Waals surface area contributed by atoms with Crippen molar-refractivity contribution in [3.8, 4) is 0 Å². The second-order valence-corrected chi connectivity index (χ2v) is 19.7. The molecule has 7 heteroatoms. The van der Waals surface area contributed by atoms with Crippen LogP contribution >= 0.6 is 0 Å². The number of carboxylic acid groups (broad SMARTS) is 1. The number of carbonyl (C=O) groups is 1. The van der Waals surface area contributed by atoms with Gasteiger partial charge in [0.05, 0.1) is 12.2 Å². The number of rotatable bonds is 7. The molecule has 28 heavy (non-hydrogen) atoms. The molecule has 1 aliphatic carbocycles. The molecule has 2 bridgehead atoms. The van der Waals surface area contributed by atoms with Gasteiger partial charge in [0.15, 0.2) is 16.6 Å². The topological polar surface area (TPSA) is 65.0 Å². The Morgan fingerprint density at radius 1 is 1.11 bits per heavy atom. The second kappa shape index (κ2) is 7.50. The average molecular weight is 427 g/mol. The van der Waals surface area contributed by atoms with E-state index in [0.29, 0.717) is 12.2 Å². The molecule has 160 valence electrons. The fourth-order valence-corrected chi connectivity index (χ4v) is 7.47. The highest BCUT2D eigenvalue weighted by Gasteiger charge is 2.69. The first kappa shape index (κ1) is 23.5. The Balaban J connectivity index is 2.50. The van der Waals surface area contributed by atoms with Gasteiger partial charge in [-0.15, -0.1) is 0 Å². The lowest BCUT2D eigenvalue weighted by molar-refractivity contribution is -0.137. The number of aliphatic carboxylic acids is 1. The minimum Gasteiger partial charge on any atom is -0.478 e. The summed E-state index contributed by atoms with van der Waals surface area (Å²) in [6.45, 7) is 20.0. The molecule has 1 N–H and O–H groups in total. The van der Waals surface area contributed by atoms with E-state index in [1.54, 1.807) is 6.92 Å². The maximum Gasteiger partial charge on any atom is 0.328 e. The van der Waals surface area contributed by atoms with E-state index in [2.05, 4.69) is 59.2 Å². The molecule has 2 rings (SSSR count). The number of hydrogen-bond acceptors (Lipinski definition) is 4. The number of allylic oxidation sites excluding steroid dienone is 2. The summed E-state index contributed by atoms with van der Waals surface area (Å²) >= 11 is 0. The van der Waals surface area contributed by atoms with Crippen molar-refractivity contribution in [1.29, 1.82) is 0 Å². The molecule has 0 spiro atoms. The highest BCUT2D eigenvalue weighted by atomic mass is 28.4. The molecule has 0 aromatic carbocycles. The largest absolute Gasteiger partial charge is 0.478 e. The molecule has 2 fully saturated rings. The first-order valence-electron chi connectivity index (χ1n) is 10.1. The summed E-state index contributed by atoms with van der Waals surface area (Å²) < 4.78 is 19.8. The molecular formula is C21H38O5Si2. The van der Waals surface area contributed by atoms with Gasteiger partial charge in [-0.2, -0.15) is 0 Å². The molecule has 0 aromatic rings. The van der Waals surface area contributed by atoms with Gasteiger partial charge in [-0.3, -0.25) is 0 Å². The lowest BCUT2D eigenvalue weighted by atomic mass is 9.59. The fourth-order valence-electron chi connectivity index (χ4n) is 4.80.